The van der Waals surface area contributed by atoms with Crippen LogP contribution < -0.4 is 5.32 Å². The molecular weight excluding hydrogens is 302 g/mol. The van der Waals surface area contributed by atoms with Crippen LogP contribution in [0.2, 0.25) is 0 Å². The van der Waals surface area contributed by atoms with E-state index < -0.39 is 5.41 Å². The highest BCUT2D eigenvalue weighted by Crippen LogP contribution is 2.41. The molecule has 1 saturated heterocycles. The molecule has 1 atom stereocenters. The Balaban J connectivity index is 1.69. The molecule has 1 spiro atoms. The number of hydrogen-bond acceptors (Lipinski definition) is 4. The summed E-state index contributed by atoms with van der Waals surface area (Å²) in [5, 5.41) is 16.6. The summed E-state index contributed by atoms with van der Waals surface area (Å²) in [6, 6.07) is 8.12. The van der Waals surface area contributed by atoms with Gasteiger partial charge in [-0.1, -0.05) is 6.07 Å². The van der Waals surface area contributed by atoms with Crippen LogP contribution in [0.3, 0.4) is 0 Å². The van der Waals surface area contributed by atoms with Crippen molar-refractivity contribution in [1.82, 2.24) is 14.7 Å². The van der Waals surface area contributed by atoms with Crippen molar-refractivity contribution in [2.24, 2.45) is 5.41 Å². The minimum atomic E-state index is -0.470. The normalized spacial score (nSPS) is 22.4. The van der Waals surface area contributed by atoms with Gasteiger partial charge in [-0.15, -0.1) is 0 Å². The Hall–Kier alpha value is -2.81. The number of hydrogen-bond donors (Lipinski definition) is 1. The van der Waals surface area contributed by atoms with Crippen molar-refractivity contribution >= 4 is 11.6 Å². The molecule has 0 bridgehead atoms. The second-order valence-electron chi connectivity index (χ2n) is 6.86. The lowest BCUT2D eigenvalue weighted by molar-refractivity contribution is -0.125. The molecule has 0 radical (unpaired) electrons. The van der Waals surface area contributed by atoms with Crippen LogP contribution in [0.25, 0.3) is 5.69 Å². The van der Waals surface area contributed by atoms with Crippen molar-refractivity contribution in [2.45, 2.75) is 26.7 Å². The van der Waals surface area contributed by atoms with Crippen LogP contribution in [0.5, 0.6) is 0 Å². The van der Waals surface area contributed by atoms with Gasteiger partial charge in [0.25, 0.3) is 0 Å². The highest BCUT2D eigenvalue weighted by molar-refractivity contribution is 5.99. The third-order valence-corrected chi connectivity index (χ3v) is 5.10. The highest BCUT2D eigenvalue weighted by Gasteiger charge is 2.47. The summed E-state index contributed by atoms with van der Waals surface area (Å²) >= 11 is 0. The van der Waals surface area contributed by atoms with Gasteiger partial charge in [-0.3, -0.25) is 4.79 Å². The third kappa shape index (κ3) is 2.16. The Morgan fingerprint density at radius 3 is 2.83 bits per heavy atom. The topological polar surface area (TPSA) is 74.0 Å². The Morgan fingerprint density at radius 2 is 2.17 bits per heavy atom. The van der Waals surface area contributed by atoms with E-state index in [1.54, 1.807) is 4.90 Å². The van der Waals surface area contributed by atoms with E-state index in [2.05, 4.69) is 22.7 Å². The number of nitriles is 1. The lowest BCUT2D eigenvalue weighted by atomic mass is 9.77. The van der Waals surface area contributed by atoms with E-state index in [0.717, 1.165) is 34.7 Å². The maximum Gasteiger partial charge on any atom is 0.232 e. The molecule has 1 fully saturated rings. The first-order chi connectivity index (χ1) is 11.5. The van der Waals surface area contributed by atoms with Gasteiger partial charge >= 0.3 is 0 Å². The van der Waals surface area contributed by atoms with Gasteiger partial charge < -0.3 is 10.2 Å². The number of carbonyl (C=O) groups is 1. The van der Waals surface area contributed by atoms with Crippen LogP contribution in [0.1, 0.15) is 23.4 Å². The van der Waals surface area contributed by atoms with Crippen molar-refractivity contribution in [3.05, 3.63) is 41.2 Å². The number of fused-ring (bicyclic) bond motifs is 1. The van der Waals surface area contributed by atoms with E-state index in [9.17, 15) is 4.79 Å². The predicted molar refractivity (Wildman–Crippen MR) is 89.6 cm³/mol. The number of amides is 1. The largest absolute Gasteiger partial charge is 0.325 e. The summed E-state index contributed by atoms with van der Waals surface area (Å²) in [5.74, 6) is 0.0262. The van der Waals surface area contributed by atoms with Gasteiger partial charge in [0.15, 0.2) is 6.19 Å². The molecule has 0 saturated carbocycles. The van der Waals surface area contributed by atoms with Crippen LogP contribution in [-0.4, -0.2) is 33.7 Å². The number of likely N-dealkylation sites (tertiary alicyclic amines) is 1. The molecule has 1 unspecified atom stereocenters. The molecule has 122 valence electrons. The molecule has 1 amide bonds. The molecule has 4 rings (SSSR count). The molecule has 1 aromatic carbocycles. The predicted octanol–water partition coefficient (Wildman–Crippen LogP) is 2.16. The number of benzene rings is 1. The minimum absolute atomic E-state index is 0.0262. The molecule has 2 aliphatic rings. The summed E-state index contributed by atoms with van der Waals surface area (Å²) in [7, 11) is 0. The average Bonchev–Trinajstić information content (AvgIpc) is 3.12. The maximum atomic E-state index is 12.7. The molecule has 24 heavy (non-hydrogen) atoms. The fourth-order valence-electron chi connectivity index (χ4n) is 3.84. The Kier molecular flexibility index (Phi) is 3.14. The summed E-state index contributed by atoms with van der Waals surface area (Å²) in [6.45, 7) is 5.15. The number of rotatable bonds is 1. The fourth-order valence-corrected chi connectivity index (χ4v) is 3.84. The van der Waals surface area contributed by atoms with E-state index >= 15 is 0 Å². The van der Waals surface area contributed by atoms with E-state index in [1.807, 2.05) is 36.7 Å². The van der Waals surface area contributed by atoms with Crippen LogP contribution in [0.15, 0.2) is 24.3 Å². The van der Waals surface area contributed by atoms with Crippen molar-refractivity contribution in [3.63, 3.8) is 0 Å². The van der Waals surface area contributed by atoms with Crippen molar-refractivity contribution in [2.75, 3.05) is 18.4 Å². The number of carbonyl (C=O) groups excluding carboxylic acids is 1. The summed E-state index contributed by atoms with van der Waals surface area (Å²) in [4.78, 5) is 14.4. The quantitative estimate of drug-likeness (QED) is 0.817. The van der Waals surface area contributed by atoms with E-state index in [4.69, 9.17) is 5.26 Å². The van der Waals surface area contributed by atoms with Gasteiger partial charge in [-0.2, -0.15) is 10.4 Å². The molecule has 0 aliphatic carbocycles. The Morgan fingerprint density at radius 1 is 1.33 bits per heavy atom. The fraction of sp³-hybridized carbons (Fsp3) is 0.389. The Bertz CT molecular complexity index is 878. The van der Waals surface area contributed by atoms with Crippen molar-refractivity contribution < 1.29 is 4.79 Å². The molecule has 3 heterocycles. The third-order valence-electron chi connectivity index (χ3n) is 5.10. The average molecular weight is 321 g/mol. The summed E-state index contributed by atoms with van der Waals surface area (Å²) in [6.07, 6.45) is 3.57. The standard InChI is InChI=1S/C18H19N5O/c1-12-7-13(2)23(21-12)15-4-3-14-9-18(5-6-22(10-18)11-19)17(24)20-16(14)8-15/h3-4,7-8H,5-6,9-10H2,1-2H3,(H,20,24). The summed E-state index contributed by atoms with van der Waals surface area (Å²) < 4.78 is 1.89. The van der Waals surface area contributed by atoms with Crippen molar-refractivity contribution in [3.8, 4) is 11.9 Å². The lowest BCUT2D eigenvalue weighted by Crippen LogP contribution is -2.43. The molecule has 6 heteroatoms. The first-order valence-electron chi connectivity index (χ1n) is 8.13. The van der Waals surface area contributed by atoms with Gasteiger partial charge in [0.1, 0.15) is 0 Å². The van der Waals surface area contributed by atoms with Gasteiger partial charge in [-0.25, -0.2) is 4.68 Å². The van der Waals surface area contributed by atoms with Gasteiger partial charge in [0.05, 0.1) is 16.8 Å². The van der Waals surface area contributed by atoms with E-state index in [1.165, 1.54) is 0 Å². The zero-order valence-corrected chi connectivity index (χ0v) is 13.8. The molecule has 1 aromatic heterocycles. The van der Waals surface area contributed by atoms with Crippen LogP contribution >= 0.6 is 0 Å². The van der Waals surface area contributed by atoms with Crippen LogP contribution in [0.4, 0.5) is 5.69 Å². The molecule has 2 aliphatic heterocycles. The number of nitrogens with one attached hydrogen (secondary N) is 1. The zero-order valence-electron chi connectivity index (χ0n) is 13.8. The highest BCUT2D eigenvalue weighted by atomic mass is 16.2. The van der Waals surface area contributed by atoms with E-state index in [0.29, 0.717) is 19.5 Å². The zero-order chi connectivity index (χ0) is 16.9. The van der Waals surface area contributed by atoms with Crippen molar-refractivity contribution in [1.29, 1.82) is 5.26 Å². The second kappa shape index (κ2) is 5.10. The number of aryl methyl sites for hydroxylation is 2. The number of nitrogens with zero attached hydrogens (tertiary/aromatic N) is 4. The molecule has 1 N–H and O–H groups in total. The van der Waals surface area contributed by atoms with Gasteiger partial charge in [0, 0.05) is 24.5 Å². The molecule has 2 aromatic rings. The maximum absolute atomic E-state index is 12.7. The molecular formula is C18H19N5O. The molecule has 6 nitrogen and oxygen atoms in total. The first kappa shape index (κ1) is 14.8. The second-order valence-corrected chi connectivity index (χ2v) is 6.86. The first-order valence-corrected chi connectivity index (χ1v) is 8.13. The SMILES string of the molecule is Cc1cc(C)n(-c2ccc3c(c2)NC(=O)C2(CCN(C#N)C2)C3)n1. The van der Waals surface area contributed by atoms with Crippen LogP contribution in [0, 0.1) is 30.7 Å². The van der Waals surface area contributed by atoms with Crippen LogP contribution in [-0.2, 0) is 11.2 Å². The van der Waals surface area contributed by atoms with Gasteiger partial charge in [0.2, 0.25) is 5.91 Å². The monoisotopic (exact) mass is 321 g/mol. The Labute approximate surface area is 140 Å². The smallest absolute Gasteiger partial charge is 0.232 e. The lowest BCUT2D eigenvalue weighted by Gasteiger charge is -2.33. The van der Waals surface area contributed by atoms with Gasteiger partial charge in [-0.05, 0) is 50.5 Å². The minimum Gasteiger partial charge on any atom is -0.325 e. The number of anilines is 1. The number of aromatic nitrogens is 2. The summed E-state index contributed by atoms with van der Waals surface area (Å²) in [5.41, 5.74) is 4.48. The van der Waals surface area contributed by atoms with E-state index in [-0.39, 0.29) is 5.91 Å².